The Bertz CT molecular complexity index is 244. The number of halogens is 1. The molecule has 54 valence electrons. The van der Waals surface area contributed by atoms with Gasteiger partial charge in [0.1, 0.15) is 9.99 Å². The van der Waals surface area contributed by atoms with Crippen molar-refractivity contribution < 1.29 is 4.79 Å². The molecule has 1 rings (SSSR count). The van der Waals surface area contributed by atoms with E-state index >= 15 is 0 Å². The molecule has 0 aliphatic heterocycles. The zero-order valence-corrected chi connectivity index (χ0v) is 7.70. The Morgan fingerprint density at radius 3 is 3.00 bits per heavy atom. The standard InChI is InChI=1S/C6H7IN2O/c1-5-4-6(7)8-9(5)2-3-10/h3-4H,2H2,1H3. The second kappa shape index (κ2) is 3.14. The van der Waals surface area contributed by atoms with Crippen molar-refractivity contribution in [3.05, 3.63) is 15.5 Å². The maximum atomic E-state index is 10.1. The topological polar surface area (TPSA) is 34.9 Å². The lowest BCUT2D eigenvalue weighted by Crippen LogP contribution is -2.02. The lowest BCUT2D eigenvalue weighted by molar-refractivity contribution is -0.108. The minimum atomic E-state index is 0.356. The number of rotatable bonds is 2. The maximum Gasteiger partial charge on any atom is 0.141 e. The zero-order valence-electron chi connectivity index (χ0n) is 5.54. The van der Waals surface area contributed by atoms with E-state index in [1.54, 1.807) is 4.68 Å². The van der Waals surface area contributed by atoms with Crippen molar-refractivity contribution in [2.75, 3.05) is 0 Å². The van der Waals surface area contributed by atoms with Gasteiger partial charge in [-0.2, -0.15) is 5.10 Å². The fraction of sp³-hybridized carbons (Fsp3) is 0.333. The highest BCUT2D eigenvalue weighted by molar-refractivity contribution is 14.1. The normalized spacial score (nSPS) is 9.80. The molecule has 0 atom stereocenters. The molecule has 3 nitrogen and oxygen atoms in total. The van der Waals surface area contributed by atoms with Crippen molar-refractivity contribution in [1.29, 1.82) is 0 Å². The number of carbonyl (C=O) groups is 1. The van der Waals surface area contributed by atoms with Gasteiger partial charge in [-0.25, -0.2) is 0 Å². The van der Waals surface area contributed by atoms with Gasteiger partial charge in [0.2, 0.25) is 0 Å². The van der Waals surface area contributed by atoms with Crippen LogP contribution in [0.2, 0.25) is 0 Å². The van der Waals surface area contributed by atoms with Crippen LogP contribution in [-0.2, 0) is 11.3 Å². The molecule has 1 aromatic heterocycles. The first-order chi connectivity index (χ1) is 4.74. The summed E-state index contributed by atoms with van der Waals surface area (Å²) in [7, 11) is 0. The highest BCUT2D eigenvalue weighted by Crippen LogP contribution is 2.04. The fourth-order valence-corrected chi connectivity index (χ4v) is 1.44. The first kappa shape index (κ1) is 7.71. The van der Waals surface area contributed by atoms with E-state index in [0.717, 1.165) is 15.7 Å². The third kappa shape index (κ3) is 1.56. The van der Waals surface area contributed by atoms with Crippen LogP contribution in [0.5, 0.6) is 0 Å². The van der Waals surface area contributed by atoms with Crippen LogP contribution in [0.25, 0.3) is 0 Å². The third-order valence-electron chi connectivity index (χ3n) is 1.20. The summed E-state index contributed by atoms with van der Waals surface area (Å²) in [6.45, 7) is 2.29. The van der Waals surface area contributed by atoms with Crippen molar-refractivity contribution in [3.8, 4) is 0 Å². The predicted octanol–water partition coefficient (Wildman–Crippen LogP) is 0.995. The van der Waals surface area contributed by atoms with E-state index in [1.165, 1.54) is 0 Å². The van der Waals surface area contributed by atoms with Crippen molar-refractivity contribution >= 4 is 28.9 Å². The summed E-state index contributed by atoms with van der Waals surface area (Å²) < 4.78 is 2.60. The van der Waals surface area contributed by atoms with Crippen molar-refractivity contribution in [3.63, 3.8) is 0 Å². The highest BCUT2D eigenvalue weighted by atomic mass is 127. The Morgan fingerprint density at radius 1 is 1.90 bits per heavy atom. The van der Waals surface area contributed by atoms with Crippen molar-refractivity contribution in [2.45, 2.75) is 13.5 Å². The summed E-state index contributed by atoms with van der Waals surface area (Å²) in [6.07, 6.45) is 0.843. The SMILES string of the molecule is Cc1cc(I)nn1CC=O. The molecular formula is C6H7IN2O. The summed E-state index contributed by atoms with van der Waals surface area (Å²) in [5.74, 6) is 0. The Kier molecular flexibility index (Phi) is 2.42. The molecule has 0 fully saturated rings. The Morgan fingerprint density at radius 2 is 2.60 bits per heavy atom. The minimum Gasteiger partial charge on any atom is -0.301 e. The molecule has 10 heavy (non-hydrogen) atoms. The monoisotopic (exact) mass is 250 g/mol. The van der Waals surface area contributed by atoms with Crippen molar-refractivity contribution in [1.82, 2.24) is 9.78 Å². The van der Waals surface area contributed by atoms with E-state index in [1.807, 2.05) is 13.0 Å². The number of aldehydes is 1. The largest absolute Gasteiger partial charge is 0.301 e. The smallest absolute Gasteiger partial charge is 0.141 e. The molecule has 0 aliphatic rings. The van der Waals surface area contributed by atoms with Gasteiger partial charge in [-0.15, -0.1) is 0 Å². The number of hydrogen-bond acceptors (Lipinski definition) is 2. The number of aromatic nitrogens is 2. The number of nitrogens with zero attached hydrogens (tertiary/aromatic N) is 2. The Hall–Kier alpha value is -0.390. The number of hydrogen-bond donors (Lipinski definition) is 0. The highest BCUT2D eigenvalue weighted by Gasteiger charge is 1.98. The molecule has 0 aliphatic carbocycles. The van der Waals surface area contributed by atoms with Gasteiger partial charge >= 0.3 is 0 Å². The molecule has 0 amide bonds. The average molecular weight is 250 g/mol. The van der Waals surface area contributed by atoms with E-state index < -0.39 is 0 Å². The maximum absolute atomic E-state index is 10.1. The van der Waals surface area contributed by atoms with E-state index in [4.69, 9.17) is 0 Å². The minimum absolute atomic E-state index is 0.356. The van der Waals surface area contributed by atoms with Crippen LogP contribution in [0.15, 0.2) is 6.07 Å². The number of carbonyl (C=O) groups excluding carboxylic acids is 1. The van der Waals surface area contributed by atoms with Gasteiger partial charge in [0.15, 0.2) is 0 Å². The van der Waals surface area contributed by atoms with E-state index in [9.17, 15) is 4.79 Å². The van der Waals surface area contributed by atoms with E-state index in [0.29, 0.717) is 6.54 Å². The second-order valence-corrected chi connectivity index (χ2v) is 3.06. The summed E-state index contributed by atoms with van der Waals surface area (Å²) in [5.41, 5.74) is 1.02. The Labute approximate surface area is 72.6 Å². The molecule has 0 unspecified atom stereocenters. The summed E-state index contributed by atoms with van der Waals surface area (Å²) >= 11 is 2.12. The molecule has 1 aromatic rings. The molecule has 4 heteroatoms. The van der Waals surface area contributed by atoms with Crippen LogP contribution in [0.4, 0.5) is 0 Å². The van der Waals surface area contributed by atoms with Crippen molar-refractivity contribution in [2.24, 2.45) is 0 Å². The Balaban J connectivity index is 2.91. The van der Waals surface area contributed by atoms with E-state index in [2.05, 4.69) is 27.7 Å². The first-order valence-electron chi connectivity index (χ1n) is 2.87. The van der Waals surface area contributed by atoms with Crippen LogP contribution in [0, 0.1) is 10.6 Å². The van der Waals surface area contributed by atoms with Gasteiger partial charge in [-0.3, -0.25) is 4.68 Å². The lowest BCUT2D eigenvalue weighted by Gasteiger charge is -1.94. The average Bonchev–Trinajstić information content (AvgIpc) is 2.13. The molecule has 0 radical (unpaired) electrons. The fourth-order valence-electron chi connectivity index (χ4n) is 0.725. The molecule has 0 bridgehead atoms. The molecule has 0 N–H and O–H groups in total. The second-order valence-electron chi connectivity index (χ2n) is 1.96. The van der Waals surface area contributed by atoms with Crippen LogP contribution >= 0.6 is 22.6 Å². The van der Waals surface area contributed by atoms with Crippen LogP contribution < -0.4 is 0 Å². The quantitative estimate of drug-likeness (QED) is 0.579. The van der Waals surface area contributed by atoms with Gasteiger partial charge in [0.25, 0.3) is 0 Å². The third-order valence-corrected chi connectivity index (χ3v) is 1.73. The zero-order chi connectivity index (χ0) is 7.56. The molecular weight excluding hydrogens is 243 g/mol. The summed E-state index contributed by atoms with van der Waals surface area (Å²) in [4.78, 5) is 10.1. The van der Waals surface area contributed by atoms with Gasteiger partial charge in [-0.05, 0) is 35.6 Å². The molecule has 0 aromatic carbocycles. The van der Waals surface area contributed by atoms with Gasteiger partial charge in [0, 0.05) is 5.69 Å². The summed E-state index contributed by atoms with van der Waals surface area (Å²) in [5, 5.41) is 4.07. The lowest BCUT2D eigenvalue weighted by atomic mass is 10.5. The molecule has 0 saturated carbocycles. The number of aryl methyl sites for hydroxylation is 1. The first-order valence-corrected chi connectivity index (χ1v) is 3.95. The van der Waals surface area contributed by atoms with Crippen LogP contribution in [-0.4, -0.2) is 16.1 Å². The molecule has 0 spiro atoms. The van der Waals surface area contributed by atoms with E-state index in [-0.39, 0.29) is 0 Å². The van der Waals surface area contributed by atoms with Crippen LogP contribution in [0.3, 0.4) is 0 Å². The van der Waals surface area contributed by atoms with Crippen LogP contribution in [0.1, 0.15) is 5.69 Å². The molecule has 0 saturated heterocycles. The molecule has 1 heterocycles. The predicted molar refractivity (Wildman–Crippen MR) is 45.7 cm³/mol. The van der Waals surface area contributed by atoms with Gasteiger partial charge in [-0.1, -0.05) is 0 Å². The van der Waals surface area contributed by atoms with Gasteiger partial charge < -0.3 is 4.79 Å². The van der Waals surface area contributed by atoms with Gasteiger partial charge in [0.05, 0.1) is 6.54 Å². The summed E-state index contributed by atoms with van der Waals surface area (Å²) in [6, 6.07) is 1.93.